The number of likely N-dealkylation sites (N-methyl/N-ethyl adjacent to an activating group) is 1. The van der Waals surface area contributed by atoms with Crippen LogP contribution < -0.4 is 5.32 Å². The zero-order valence-corrected chi connectivity index (χ0v) is 7.85. The van der Waals surface area contributed by atoms with E-state index in [1.807, 2.05) is 0 Å². The second kappa shape index (κ2) is 4.50. The SMILES string of the molecule is CN[C@H](CO)c1cc(Cl)cnc1F. The van der Waals surface area contributed by atoms with Gasteiger partial charge in [-0.25, -0.2) is 4.98 Å². The van der Waals surface area contributed by atoms with Crippen LogP contribution >= 0.6 is 11.6 Å². The molecular formula is C8H10ClFN2O. The second-order valence-electron chi connectivity index (χ2n) is 2.56. The Kier molecular flexibility index (Phi) is 3.59. The lowest BCUT2D eigenvalue weighted by Gasteiger charge is -2.13. The summed E-state index contributed by atoms with van der Waals surface area (Å²) in [6.45, 7) is -0.199. The summed E-state index contributed by atoms with van der Waals surface area (Å²) in [6.07, 6.45) is 1.23. The molecule has 1 heterocycles. The maximum Gasteiger partial charge on any atom is 0.217 e. The summed E-state index contributed by atoms with van der Waals surface area (Å²) in [7, 11) is 1.63. The van der Waals surface area contributed by atoms with Gasteiger partial charge in [0.25, 0.3) is 0 Å². The van der Waals surface area contributed by atoms with Crippen LogP contribution in [0.4, 0.5) is 4.39 Å². The molecule has 0 radical (unpaired) electrons. The molecule has 13 heavy (non-hydrogen) atoms. The van der Waals surface area contributed by atoms with E-state index in [0.717, 1.165) is 0 Å². The fourth-order valence-electron chi connectivity index (χ4n) is 1.03. The molecule has 0 aliphatic carbocycles. The lowest BCUT2D eigenvalue weighted by atomic mass is 10.1. The number of rotatable bonds is 3. The first-order valence-corrected chi connectivity index (χ1v) is 4.16. The van der Waals surface area contributed by atoms with Gasteiger partial charge in [0.05, 0.1) is 17.7 Å². The van der Waals surface area contributed by atoms with Crippen LogP contribution in [-0.2, 0) is 0 Å². The molecule has 1 rings (SSSR count). The molecule has 3 nitrogen and oxygen atoms in total. The summed E-state index contributed by atoms with van der Waals surface area (Å²) < 4.78 is 13.1. The van der Waals surface area contributed by atoms with Crippen molar-refractivity contribution in [1.29, 1.82) is 0 Å². The van der Waals surface area contributed by atoms with E-state index in [2.05, 4.69) is 10.3 Å². The average molecular weight is 205 g/mol. The van der Waals surface area contributed by atoms with Crippen LogP contribution in [0.1, 0.15) is 11.6 Å². The van der Waals surface area contributed by atoms with Crippen molar-refractivity contribution in [2.24, 2.45) is 0 Å². The number of hydrogen-bond donors (Lipinski definition) is 2. The first-order chi connectivity index (χ1) is 6.19. The smallest absolute Gasteiger partial charge is 0.217 e. The first kappa shape index (κ1) is 10.4. The van der Waals surface area contributed by atoms with E-state index in [9.17, 15) is 4.39 Å². The molecule has 2 N–H and O–H groups in total. The summed E-state index contributed by atoms with van der Waals surface area (Å²) in [5.74, 6) is -0.613. The van der Waals surface area contributed by atoms with Gasteiger partial charge in [-0.2, -0.15) is 4.39 Å². The van der Waals surface area contributed by atoms with Gasteiger partial charge in [-0.3, -0.25) is 0 Å². The van der Waals surface area contributed by atoms with Gasteiger partial charge in [0.15, 0.2) is 0 Å². The van der Waals surface area contributed by atoms with E-state index in [-0.39, 0.29) is 12.2 Å². The molecule has 0 aromatic carbocycles. The molecule has 0 aliphatic heterocycles. The van der Waals surface area contributed by atoms with Gasteiger partial charge in [-0.05, 0) is 13.1 Å². The van der Waals surface area contributed by atoms with Gasteiger partial charge in [0, 0.05) is 11.8 Å². The van der Waals surface area contributed by atoms with Crippen molar-refractivity contribution < 1.29 is 9.50 Å². The molecule has 0 saturated heterocycles. The van der Waals surface area contributed by atoms with Crippen molar-refractivity contribution >= 4 is 11.6 Å². The average Bonchev–Trinajstić information content (AvgIpc) is 2.13. The molecule has 0 saturated carbocycles. The van der Waals surface area contributed by atoms with E-state index in [1.165, 1.54) is 12.3 Å². The van der Waals surface area contributed by atoms with Crippen molar-refractivity contribution in [1.82, 2.24) is 10.3 Å². The molecule has 5 heteroatoms. The van der Waals surface area contributed by atoms with E-state index >= 15 is 0 Å². The Labute approximate surface area is 80.6 Å². The number of aliphatic hydroxyl groups excluding tert-OH is 1. The van der Waals surface area contributed by atoms with E-state index in [0.29, 0.717) is 5.02 Å². The number of nitrogens with zero attached hydrogens (tertiary/aromatic N) is 1. The largest absolute Gasteiger partial charge is 0.394 e. The molecule has 1 atom stereocenters. The Morgan fingerprint density at radius 2 is 2.46 bits per heavy atom. The molecule has 72 valence electrons. The standard InChI is InChI=1S/C8H10ClFN2O/c1-11-7(4-13)6-2-5(9)3-12-8(6)10/h2-3,7,11,13H,4H2,1H3/t7-/m1/s1. The zero-order chi connectivity index (χ0) is 9.84. The number of halogens is 2. The highest BCUT2D eigenvalue weighted by molar-refractivity contribution is 6.30. The molecule has 1 aromatic heterocycles. The fraction of sp³-hybridized carbons (Fsp3) is 0.375. The van der Waals surface area contributed by atoms with Gasteiger partial charge < -0.3 is 10.4 Å². The third kappa shape index (κ3) is 2.37. The lowest BCUT2D eigenvalue weighted by molar-refractivity contribution is 0.247. The summed E-state index contributed by atoms with van der Waals surface area (Å²) in [5.41, 5.74) is 0.275. The summed E-state index contributed by atoms with van der Waals surface area (Å²) >= 11 is 5.64. The van der Waals surface area contributed by atoms with Crippen LogP contribution in [0, 0.1) is 5.95 Å². The van der Waals surface area contributed by atoms with Crippen molar-refractivity contribution in [3.05, 3.63) is 28.8 Å². The van der Waals surface area contributed by atoms with Crippen molar-refractivity contribution in [3.63, 3.8) is 0 Å². The van der Waals surface area contributed by atoms with Crippen LogP contribution in [0.15, 0.2) is 12.3 Å². The molecule has 0 spiro atoms. The van der Waals surface area contributed by atoms with Crippen LogP contribution in [0.2, 0.25) is 5.02 Å². The van der Waals surface area contributed by atoms with Crippen molar-refractivity contribution in [2.75, 3.05) is 13.7 Å². The minimum absolute atomic E-state index is 0.199. The lowest BCUT2D eigenvalue weighted by Crippen LogP contribution is -2.21. The fourth-order valence-corrected chi connectivity index (χ4v) is 1.19. The molecule has 0 aliphatic rings. The van der Waals surface area contributed by atoms with Gasteiger partial charge in [0.1, 0.15) is 0 Å². The van der Waals surface area contributed by atoms with Gasteiger partial charge in [-0.15, -0.1) is 0 Å². The normalized spacial score (nSPS) is 12.9. The highest BCUT2D eigenvalue weighted by Gasteiger charge is 2.14. The minimum Gasteiger partial charge on any atom is -0.394 e. The number of hydrogen-bond acceptors (Lipinski definition) is 3. The molecule has 0 fully saturated rings. The Morgan fingerprint density at radius 3 is 3.00 bits per heavy atom. The summed E-state index contributed by atoms with van der Waals surface area (Å²) in [5, 5.41) is 12.0. The Balaban J connectivity index is 3.03. The molecule has 0 bridgehead atoms. The summed E-state index contributed by atoms with van der Waals surface area (Å²) in [4.78, 5) is 3.45. The van der Waals surface area contributed by atoms with Crippen LogP contribution in [0.25, 0.3) is 0 Å². The van der Waals surface area contributed by atoms with Gasteiger partial charge in [-0.1, -0.05) is 11.6 Å². The van der Waals surface area contributed by atoms with Crippen molar-refractivity contribution in [3.8, 4) is 0 Å². The zero-order valence-electron chi connectivity index (χ0n) is 7.09. The quantitative estimate of drug-likeness (QED) is 0.726. The molecule has 0 amide bonds. The third-order valence-electron chi connectivity index (χ3n) is 1.74. The van der Waals surface area contributed by atoms with Gasteiger partial charge >= 0.3 is 0 Å². The Morgan fingerprint density at radius 1 is 1.77 bits per heavy atom. The summed E-state index contributed by atoms with van der Waals surface area (Å²) in [6, 6.07) is 0.979. The second-order valence-corrected chi connectivity index (χ2v) is 2.99. The van der Waals surface area contributed by atoms with E-state index in [4.69, 9.17) is 16.7 Å². The predicted octanol–water partition coefficient (Wildman–Crippen LogP) is 1.13. The van der Waals surface area contributed by atoms with Crippen LogP contribution in [0.3, 0.4) is 0 Å². The maximum atomic E-state index is 13.1. The highest BCUT2D eigenvalue weighted by atomic mass is 35.5. The minimum atomic E-state index is -0.613. The number of aliphatic hydroxyl groups is 1. The molecule has 0 unspecified atom stereocenters. The topological polar surface area (TPSA) is 45.1 Å². The van der Waals surface area contributed by atoms with Crippen LogP contribution in [0.5, 0.6) is 0 Å². The molecule has 1 aromatic rings. The monoisotopic (exact) mass is 204 g/mol. The van der Waals surface area contributed by atoms with E-state index in [1.54, 1.807) is 7.05 Å². The predicted molar refractivity (Wildman–Crippen MR) is 48.1 cm³/mol. The van der Waals surface area contributed by atoms with E-state index < -0.39 is 12.0 Å². The number of aromatic nitrogens is 1. The third-order valence-corrected chi connectivity index (χ3v) is 1.95. The van der Waals surface area contributed by atoms with Crippen LogP contribution in [-0.4, -0.2) is 23.7 Å². The van der Waals surface area contributed by atoms with Gasteiger partial charge in [0.2, 0.25) is 5.95 Å². The van der Waals surface area contributed by atoms with Crippen molar-refractivity contribution in [2.45, 2.75) is 6.04 Å². The maximum absolute atomic E-state index is 13.1. The number of nitrogens with one attached hydrogen (secondary N) is 1. The Hall–Kier alpha value is -0.710. The number of pyridine rings is 1. The first-order valence-electron chi connectivity index (χ1n) is 3.78. The Bertz CT molecular complexity index is 291. The molecular weight excluding hydrogens is 195 g/mol. The highest BCUT2D eigenvalue weighted by Crippen LogP contribution is 2.18.